The normalized spacial score (nSPS) is 18.3. The highest BCUT2D eigenvalue weighted by Crippen LogP contribution is 2.18. The summed E-state index contributed by atoms with van der Waals surface area (Å²) < 4.78 is 33.5. The number of hydrogen-bond acceptors (Lipinski definition) is 8. The second kappa shape index (κ2) is 16.5. The van der Waals surface area contributed by atoms with E-state index in [1.807, 2.05) is 12.1 Å². The van der Waals surface area contributed by atoms with Gasteiger partial charge in [0.15, 0.2) is 0 Å². The van der Waals surface area contributed by atoms with Gasteiger partial charge in [0.05, 0.1) is 64.0 Å². The van der Waals surface area contributed by atoms with Crippen LogP contribution in [-0.4, -0.2) is 91.0 Å². The zero-order chi connectivity index (χ0) is 25.3. The molecule has 0 atom stereocenters. The molecule has 196 valence electrons. The average Bonchev–Trinajstić information content (AvgIpc) is 2.90. The number of para-hydroxylation sites is 2. The van der Waals surface area contributed by atoms with Crippen LogP contribution in [0.1, 0.15) is 20.7 Å². The van der Waals surface area contributed by atoms with Crippen molar-refractivity contribution in [3.8, 4) is 11.5 Å². The van der Waals surface area contributed by atoms with Gasteiger partial charge in [-0.05, 0) is 24.3 Å². The lowest BCUT2D eigenvalue weighted by molar-refractivity contribution is 0.0271. The minimum Gasteiger partial charge on any atom is -0.490 e. The molecule has 1 aliphatic heterocycles. The lowest BCUT2D eigenvalue weighted by atomic mass is 10.2. The molecular formula is C26H34N2O8. The fraction of sp³-hybridized carbons (Fsp3) is 0.462. The minimum absolute atomic E-state index is 0.235. The van der Waals surface area contributed by atoms with Crippen LogP contribution in [0.3, 0.4) is 0 Å². The van der Waals surface area contributed by atoms with Gasteiger partial charge in [-0.3, -0.25) is 9.59 Å². The molecule has 0 spiro atoms. The summed E-state index contributed by atoms with van der Waals surface area (Å²) in [6, 6.07) is 14.1. The first-order chi connectivity index (χ1) is 17.8. The SMILES string of the molecule is O=C1NCCOCCOCCNC(=O)c2ccccc2OCCOCCOCCOc2ccccc21. The van der Waals surface area contributed by atoms with Gasteiger partial charge >= 0.3 is 0 Å². The van der Waals surface area contributed by atoms with Crippen LogP contribution < -0.4 is 20.1 Å². The number of fused-ring (bicyclic) bond motifs is 2. The highest BCUT2D eigenvalue weighted by molar-refractivity contribution is 5.97. The molecular weight excluding hydrogens is 468 g/mol. The number of nitrogens with one attached hydrogen (secondary N) is 2. The van der Waals surface area contributed by atoms with E-state index in [0.717, 1.165) is 0 Å². The Morgan fingerprint density at radius 3 is 1.28 bits per heavy atom. The molecule has 2 aromatic rings. The summed E-state index contributed by atoms with van der Waals surface area (Å²) in [4.78, 5) is 25.0. The fourth-order valence-corrected chi connectivity index (χ4v) is 3.29. The van der Waals surface area contributed by atoms with Crippen molar-refractivity contribution in [2.45, 2.75) is 0 Å². The monoisotopic (exact) mass is 502 g/mol. The van der Waals surface area contributed by atoms with E-state index in [-0.39, 0.29) is 11.8 Å². The third-order valence-electron chi connectivity index (χ3n) is 5.04. The van der Waals surface area contributed by atoms with Gasteiger partial charge in [-0.1, -0.05) is 24.3 Å². The topological polar surface area (TPSA) is 114 Å². The maximum absolute atomic E-state index is 12.5. The number of ether oxygens (including phenoxy) is 6. The van der Waals surface area contributed by atoms with Crippen molar-refractivity contribution in [2.75, 3.05) is 79.2 Å². The summed E-state index contributed by atoms with van der Waals surface area (Å²) in [5, 5.41) is 5.65. The molecule has 2 aromatic carbocycles. The third kappa shape index (κ3) is 9.82. The maximum Gasteiger partial charge on any atom is 0.255 e. The standard InChI is InChI=1S/C26H34N2O8/c29-25-21-5-1-3-7-23(21)35-19-17-33-15-16-34-18-20-36-24-8-4-2-6-22(24)26(30)28-10-12-32-14-13-31-11-9-27-25/h1-8H,9-20H2,(H,27,29)(H,28,30). The summed E-state index contributed by atoms with van der Waals surface area (Å²) in [6.07, 6.45) is 0. The maximum atomic E-state index is 12.5. The van der Waals surface area contributed by atoms with Gasteiger partial charge in [-0.15, -0.1) is 0 Å². The average molecular weight is 503 g/mol. The summed E-state index contributed by atoms with van der Waals surface area (Å²) in [5.41, 5.74) is 0.906. The van der Waals surface area contributed by atoms with Gasteiger partial charge < -0.3 is 39.1 Å². The van der Waals surface area contributed by atoms with Crippen molar-refractivity contribution in [1.82, 2.24) is 10.6 Å². The van der Waals surface area contributed by atoms with E-state index in [9.17, 15) is 9.59 Å². The Morgan fingerprint density at radius 2 is 0.833 bits per heavy atom. The lowest BCUT2D eigenvalue weighted by Gasteiger charge is -2.13. The minimum atomic E-state index is -0.235. The van der Waals surface area contributed by atoms with E-state index in [4.69, 9.17) is 28.4 Å². The van der Waals surface area contributed by atoms with Crippen LogP contribution in [0.2, 0.25) is 0 Å². The predicted molar refractivity (Wildman–Crippen MR) is 132 cm³/mol. The van der Waals surface area contributed by atoms with Crippen molar-refractivity contribution >= 4 is 11.8 Å². The van der Waals surface area contributed by atoms with Crippen LogP contribution >= 0.6 is 0 Å². The van der Waals surface area contributed by atoms with E-state index in [1.165, 1.54) is 0 Å². The number of rotatable bonds is 0. The number of amides is 2. The lowest BCUT2D eigenvalue weighted by Crippen LogP contribution is -2.29. The van der Waals surface area contributed by atoms with E-state index in [1.54, 1.807) is 36.4 Å². The Bertz CT molecular complexity index is 864. The van der Waals surface area contributed by atoms with Crippen LogP contribution in [0.5, 0.6) is 11.5 Å². The van der Waals surface area contributed by atoms with Crippen molar-refractivity contribution in [3.63, 3.8) is 0 Å². The predicted octanol–water partition coefficient (Wildman–Crippen LogP) is 1.68. The Morgan fingerprint density at radius 1 is 0.472 bits per heavy atom. The highest BCUT2D eigenvalue weighted by Gasteiger charge is 2.13. The van der Waals surface area contributed by atoms with Crippen LogP contribution in [0.15, 0.2) is 48.5 Å². The molecule has 0 radical (unpaired) electrons. The molecule has 0 aliphatic carbocycles. The number of carbonyl (C=O) groups excluding carboxylic acids is 2. The van der Waals surface area contributed by atoms with Crippen LogP contribution in [-0.2, 0) is 18.9 Å². The molecule has 0 bridgehead atoms. The number of benzene rings is 2. The molecule has 0 unspecified atom stereocenters. The summed E-state index contributed by atoms with van der Waals surface area (Å²) in [7, 11) is 0. The zero-order valence-electron chi connectivity index (χ0n) is 20.4. The van der Waals surface area contributed by atoms with Crippen molar-refractivity contribution < 1.29 is 38.0 Å². The van der Waals surface area contributed by atoms with E-state index < -0.39 is 0 Å². The van der Waals surface area contributed by atoms with Gasteiger partial charge in [-0.2, -0.15) is 0 Å². The second-order valence-electron chi connectivity index (χ2n) is 7.65. The summed E-state index contributed by atoms with van der Waals surface area (Å²) in [5.74, 6) is 0.520. The zero-order valence-corrected chi connectivity index (χ0v) is 20.4. The number of hydrogen-bond donors (Lipinski definition) is 2. The van der Waals surface area contributed by atoms with Gasteiger partial charge in [0, 0.05) is 13.1 Å². The second-order valence-corrected chi connectivity index (χ2v) is 7.65. The van der Waals surface area contributed by atoms with Gasteiger partial charge in [-0.25, -0.2) is 0 Å². The molecule has 0 saturated carbocycles. The van der Waals surface area contributed by atoms with Crippen molar-refractivity contribution in [2.24, 2.45) is 0 Å². The van der Waals surface area contributed by atoms with Crippen LogP contribution in [0.25, 0.3) is 0 Å². The molecule has 10 nitrogen and oxygen atoms in total. The Labute approximate surface area is 211 Å². The first-order valence-corrected chi connectivity index (χ1v) is 12.1. The Hall–Kier alpha value is -3.18. The summed E-state index contributed by atoms with van der Waals surface area (Å²) >= 11 is 0. The van der Waals surface area contributed by atoms with Crippen LogP contribution in [0, 0.1) is 0 Å². The highest BCUT2D eigenvalue weighted by atomic mass is 16.6. The first-order valence-electron chi connectivity index (χ1n) is 12.1. The molecule has 36 heavy (non-hydrogen) atoms. The fourth-order valence-electron chi connectivity index (χ4n) is 3.29. The Balaban J connectivity index is 1.49. The van der Waals surface area contributed by atoms with E-state index in [0.29, 0.717) is 102 Å². The molecule has 3 rings (SSSR count). The van der Waals surface area contributed by atoms with Crippen LogP contribution in [0.4, 0.5) is 0 Å². The molecule has 2 N–H and O–H groups in total. The molecule has 2 amide bonds. The number of carbonyl (C=O) groups is 2. The van der Waals surface area contributed by atoms with E-state index in [2.05, 4.69) is 10.6 Å². The molecule has 1 aliphatic rings. The van der Waals surface area contributed by atoms with Crippen molar-refractivity contribution in [3.05, 3.63) is 59.7 Å². The molecule has 1 heterocycles. The molecule has 0 saturated heterocycles. The van der Waals surface area contributed by atoms with Gasteiger partial charge in [0.25, 0.3) is 11.8 Å². The summed E-state index contributed by atoms with van der Waals surface area (Å²) in [6.45, 7) is 4.27. The third-order valence-corrected chi connectivity index (χ3v) is 5.04. The molecule has 0 aromatic heterocycles. The largest absolute Gasteiger partial charge is 0.490 e. The molecule has 10 heteroatoms. The first kappa shape index (κ1) is 27.4. The van der Waals surface area contributed by atoms with Gasteiger partial charge in [0.2, 0.25) is 0 Å². The smallest absolute Gasteiger partial charge is 0.255 e. The van der Waals surface area contributed by atoms with Gasteiger partial charge in [0.1, 0.15) is 24.7 Å². The molecule has 0 fully saturated rings. The quantitative estimate of drug-likeness (QED) is 0.560. The Kier molecular flexibility index (Phi) is 12.6. The van der Waals surface area contributed by atoms with Crippen molar-refractivity contribution in [1.29, 1.82) is 0 Å². The van der Waals surface area contributed by atoms with E-state index >= 15 is 0 Å².